The summed E-state index contributed by atoms with van der Waals surface area (Å²) in [4.78, 5) is 36.4. The highest BCUT2D eigenvalue weighted by Gasteiger charge is 2.34. The molecule has 0 atom stereocenters. The largest absolute Gasteiger partial charge is 0.288 e. The number of halogens is 2. The molecule has 1 aromatic heterocycles. The van der Waals surface area contributed by atoms with Crippen LogP contribution in [0.2, 0.25) is 10.0 Å². The lowest BCUT2D eigenvalue weighted by molar-refractivity contribution is 0.0984. The van der Waals surface area contributed by atoms with Gasteiger partial charge in [0, 0.05) is 26.0 Å². The number of nitrogens with zero attached hydrogens (tertiary/aromatic N) is 2. The van der Waals surface area contributed by atoms with Gasteiger partial charge < -0.3 is 0 Å². The van der Waals surface area contributed by atoms with Crippen molar-refractivity contribution in [3.05, 3.63) is 92.2 Å². The fourth-order valence-corrected chi connectivity index (χ4v) is 4.82. The summed E-state index contributed by atoms with van der Waals surface area (Å²) in [7, 11) is 0. The van der Waals surface area contributed by atoms with Crippen LogP contribution in [0.5, 0.6) is 0 Å². The van der Waals surface area contributed by atoms with Crippen LogP contribution in [-0.2, 0) is 0 Å². The number of carbonyl (C=O) groups is 2. The van der Waals surface area contributed by atoms with Crippen LogP contribution in [0.1, 0.15) is 20.8 Å². The van der Waals surface area contributed by atoms with Crippen molar-refractivity contribution in [2.24, 2.45) is 0 Å². The first kappa shape index (κ1) is 19.2. The van der Waals surface area contributed by atoms with E-state index in [1.54, 1.807) is 48.5 Å². The van der Waals surface area contributed by atoms with Gasteiger partial charge in [0.05, 0.1) is 15.4 Å². The molecule has 0 saturated carbocycles. The normalized spacial score (nSPS) is 13.6. The van der Waals surface area contributed by atoms with E-state index in [0.29, 0.717) is 19.9 Å². The summed E-state index contributed by atoms with van der Waals surface area (Å²) in [6.45, 7) is 0. The van der Waals surface area contributed by atoms with Crippen molar-refractivity contribution in [2.75, 3.05) is 0 Å². The fraction of sp³-hybridized carbons (Fsp3) is 0. The zero-order valence-electron chi connectivity index (χ0n) is 14.1. The maximum absolute atomic E-state index is 13.1. The van der Waals surface area contributed by atoms with Crippen LogP contribution >= 0.6 is 46.7 Å². The summed E-state index contributed by atoms with van der Waals surface area (Å²) >= 11 is 14.3. The highest BCUT2D eigenvalue weighted by atomic mass is 35.5. The van der Waals surface area contributed by atoms with Crippen LogP contribution in [0.15, 0.2) is 80.7 Å². The monoisotopic (exact) mass is 444 g/mol. The van der Waals surface area contributed by atoms with Gasteiger partial charge in [-0.05, 0) is 48.5 Å². The van der Waals surface area contributed by atoms with E-state index in [1.807, 2.05) is 0 Å². The predicted molar refractivity (Wildman–Crippen MR) is 112 cm³/mol. The van der Waals surface area contributed by atoms with E-state index in [9.17, 15) is 9.59 Å². The molecule has 1 aliphatic rings. The summed E-state index contributed by atoms with van der Waals surface area (Å²) in [5.74, 6) is -0.569. The Balaban J connectivity index is 1.80. The number of rotatable bonds is 4. The third-order valence-electron chi connectivity index (χ3n) is 3.86. The van der Waals surface area contributed by atoms with Crippen molar-refractivity contribution in [1.29, 1.82) is 0 Å². The number of Topliss-reactive ketones (excluding diaryl/α,β-unsaturated/α-hetero) is 2. The van der Waals surface area contributed by atoms with Crippen LogP contribution < -0.4 is 0 Å². The molecule has 0 spiro atoms. The molecule has 1 heterocycles. The lowest BCUT2D eigenvalue weighted by Gasteiger charge is -2.19. The summed E-state index contributed by atoms with van der Waals surface area (Å²) < 4.78 is 0. The van der Waals surface area contributed by atoms with E-state index in [4.69, 9.17) is 23.2 Å². The molecule has 3 aromatic rings. The topological polar surface area (TPSA) is 59.9 Å². The van der Waals surface area contributed by atoms with Gasteiger partial charge in [0.1, 0.15) is 12.0 Å². The third kappa shape index (κ3) is 3.86. The number of fused-ring (bicyclic) bond motifs is 1. The molecule has 2 aromatic carbocycles. The standard InChI is InChI=1S/C20H10Cl2N2O2S2/c21-11-1-5-13(6-2-11)27-19-17(25)15-9-23-10-24-16(15)18(26)20(19)28-14-7-3-12(22)4-8-14/h1-10H. The number of hydrogen-bond donors (Lipinski definition) is 0. The Labute approximate surface area is 179 Å². The zero-order chi connectivity index (χ0) is 19.7. The summed E-state index contributed by atoms with van der Waals surface area (Å²) in [6, 6.07) is 14.2. The highest BCUT2D eigenvalue weighted by molar-refractivity contribution is 8.08. The Bertz CT molecular complexity index is 1030. The van der Waals surface area contributed by atoms with E-state index in [1.165, 1.54) is 36.0 Å². The van der Waals surface area contributed by atoms with Crippen molar-refractivity contribution < 1.29 is 9.59 Å². The highest BCUT2D eigenvalue weighted by Crippen LogP contribution is 2.43. The Morgan fingerprint density at radius 3 is 1.75 bits per heavy atom. The second-order valence-electron chi connectivity index (χ2n) is 5.71. The molecule has 0 bridgehead atoms. The fourth-order valence-electron chi connectivity index (χ4n) is 2.54. The van der Waals surface area contributed by atoms with Crippen LogP contribution in [0.25, 0.3) is 0 Å². The van der Waals surface area contributed by atoms with Crippen molar-refractivity contribution in [3.63, 3.8) is 0 Å². The molecule has 0 saturated heterocycles. The molecule has 0 N–H and O–H groups in total. The molecule has 0 unspecified atom stereocenters. The van der Waals surface area contributed by atoms with E-state index in [0.717, 1.165) is 9.79 Å². The molecule has 1 aliphatic carbocycles. The second-order valence-corrected chi connectivity index (χ2v) is 8.75. The second kappa shape index (κ2) is 8.09. The van der Waals surface area contributed by atoms with E-state index in [2.05, 4.69) is 9.97 Å². The number of allylic oxidation sites excluding steroid dienone is 2. The van der Waals surface area contributed by atoms with E-state index in [-0.39, 0.29) is 22.8 Å². The minimum absolute atomic E-state index is 0.122. The molecule has 138 valence electrons. The molecule has 0 amide bonds. The average molecular weight is 445 g/mol. The Kier molecular flexibility index (Phi) is 5.55. The molecular weight excluding hydrogens is 435 g/mol. The maximum Gasteiger partial charge on any atom is 0.220 e. The molecular formula is C20H10Cl2N2O2S2. The Morgan fingerprint density at radius 1 is 0.714 bits per heavy atom. The minimum atomic E-state index is -0.298. The smallest absolute Gasteiger partial charge is 0.220 e. The Morgan fingerprint density at radius 2 is 1.21 bits per heavy atom. The SMILES string of the molecule is O=C1C(Sc2ccc(Cl)cc2)=C(Sc2ccc(Cl)cc2)C(=O)c2ncncc21. The molecule has 28 heavy (non-hydrogen) atoms. The third-order valence-corrected chi connectivity index (χ3v) is 6.69. The van der Waals surface area contributed by atoms with E-state index >= 15 is 0 Å². The van der Waals surface area contributed by atoms with Crippen LogP contribution in [0, 0.1) is 0 Å². The van der Waals surface area contributed by atoms with Gasteiger partial charge in [0.25, 0.3) is 0 Å². The van der Waals surface area contributed by atoms with Crippen molar-refractivity contribution in [1.82, 2.24) is 9.97 Å². The number of aromatic nitrogens is 2. The first-order valence-corrected chi connectivity index (χ1v) is 10.4. The first-order valence-electron chi connectivity index (χ1n) is 8.03. The van der Waals surface area contributed by atoms with Gasteiger partial charge in [-0.2, -0.15) is 0 Å². The molecule has 8 heteroatoms. The molecule has 4 rings (SSSR count). The minimum Gasteiger partial charge on any atom is -0.288 e. The molecule has 0 radical (unpaired) electrons. The number of thioether (sulfide) groups is 2. The summed E-state index contributed by atoms with van der Waals surface area (Å²) in [6.07, 6.45) is 2.65. The van der Waals surface area contributed by atoms with Gasteiger partial charge in [-0.25, -0.2) is 9.97 Å². The van der Waals surface area contributed by atoms with Crippen LogP contribution in [0.3, 0.4) is 0 Å². The van der Waals surface area contributed by atoms with Gasteiger partial charge in [-0.1, -0.05) is 46.7 Å². The lowest BCUT2D eigenvalue weighted by Crippen LogP contribution is -2.21. The van der Waals surface area contributed by atoms with Crippen LogP contribution in [-0.4, -0.2) is 21.5 Å². The van der Waals surface area contributed by atoms with Crippen LogP contribution in [0.4, 0.5) is 0 Å². The van der Waals surface area contributed by atoms with Gasteiger partial charge in [-0.3, -0.25) is 9.59 Å². The molecule has 0 aliphatic heterocycles. The lowest BCUT2D eigenvalue weighted by atomic mass is 10.0. The summed E-state index contributed by atoms with van der Waals surface area (Å²) in [5, 5.41) is 1.19. The predicted octanol–water partition coefficient (Wildman–Crippen LogP) is 5.96. The quantitative estimate of drug-likeness (QED) is 0.494. The number of benzene rings is 2. The van der Waals surface area contributed by atoms with Gasteiger partial charge >= 0.3 is 0 Å². The summed E-state index contributed by atoms with van der Waals surface area (Å²) in [5.41, 5.74) is 0.335. The van der Waals surface area contributed by atoms with Gasteiger partial charge in [0.2, 0.25) is 11.6 Å². The number of carbonyl (C=O) groups excluding carboxylic acids is 2. The maximum atomic E-state index is 13.1. The van der Waals surface area contributed by atoms with Gasteiger partial charge in [-0.15, -0.1) is 0 Å². The molecule has 0 fully saturated rings. The van der Waals surface area contributed by atoms with Crippen molar-refractivity contribution in [2.45, 2.75) is 9.79 Å². The van der Waals surface area contributed by atoms with E-state index < -0.39 is 0 Å². The Hall–Kier alpha value is -2.12. The average Bonchev–Trinajstić information content (AvgIpc) is 2.71. The zero-order valence-corrected chi connectivity index (χ0v) is 17.2. The first-order chi connectivity index (χ1) is 13.5. The van der Waals surface area contributed by atoms with Gasteiger partial charge in [0.15, 0.2) is 0 Å². The van der Waals surface area contributed by atoms with Crippen molar-refractivity contribution >= 4 is 58.3 Å². The number of hydrogen-bond acceptors (Lipinski definition) is 6. The van der Waals surface area contributed by atoms with Crippen molar-refractivity contribution in [3.8, 4) is 0 Å². The number of ketones is 2. The molecule has 4 nitrogen and oxygen atoms in total.